The minimum atomic E-state index is -0.116. The lowest BCUT2D eigenvalue weighted by molar-refractivity contribution is 0.640. The first-order valence-corrected chi connectivity index (χ1v) is 14.2. The molecular weight excluding hydrogens is 496 g/mol. The van der Waals surface area contributed by atoms with Crippen LogP contribution in [-0.2, 0) is 5.41 Å². The lowest BCUT2D eigenvalue weighted by Crippen LogP contribution is -2.19. The quantitative estimate of drug-likeness (QED) is 0.208. The van der Waals surface area contributed by atoms with E-state index in [0.717, 1.165) is 17.1 Å². The molecule has 6 aromatic carbocycles. The molecule has 0 bridgehead atoms. The smallest absolute Gasteiger partial charge is 0.0542 e. The standard InChI is InChI=1S/C39H32N2/c1-39(2,29-15-6-3-7-16-29)30-17-14-22-33(27-30)41-37-24-13-12-23-35(37)36-28-34(25-26-38(36)41)40(31-18-8-4-9-19-31)32-20-10-5-11-21-32/h3-28H,1-2H3. The maximum absolute atomic E-state index is 2.41. The number of hydrogen-bond acceptors (Lipinski definition) is 1. The van der Waals surface area contributed by atoms with Gasteiger partial charge in [-0.15, -0.1) is 0 Å². The first-order chi connectivity index (χ1) is 20.1. The maximum atomic E-state index is 2.41. The second-order valence-electron chi connectivity index (χ2n) is 11.1. The highest BCUT2D eigenvalue weighted by Crippen LogP contribution is 2.40. The van der Waals surface area contributed by atoms with E-state index in [0.29, 0.717) is 0 Å². The molecule has 0 radical (unpaired) electrons. The van der Waals surface area contributed by atoms with Crippen molar-refractivity contribution < 1.29 is 0 Å². The number of fused-ring (bicyclic) bond motifs is 3. The highest BCUT2D eigenvalue weighted by molar-refractivity contribution is 6.10. The van der Waals surface area contributed by atoms with E-state index in [9.17, 15) is 0 Å². The van der Waals surface area contributed by atoms with E-state index in [2.05, 4.69) is 181 Å². The molecule has 41 heavy (non-hydrogen) atoms. The van der Waals surface area contributed by atoms with Crippen LogP contribution in [0.4, 0.5) is 17.1 Å². The van der Waals surface area contributed by atoms with Gasteiger partial charge in [0.15, 0.2) is 0 Å². The van der Waals surface area contributed by atoms with Crippen LogP contribution in [0.25, 0.3) is 27.5 Å². The van der Waals surface area contributed by atoms with Crippen LogP contribution in [0.15, 0.2) is 158 Å². The van der Waals surface area contributed by atoms with Gasteiger partial charge in [0.05, 0.1) is 11.0 Å². The van der Waals surface area contributed by atoms with E-state index < -0.39 is 0 Å². The summed E-state index contributed by atoms with van der Waals surface area (Å²) in [5, 5.41) is 2.49. The number of aromatic nitrogens is 1. The molecule has 0 saturated carbocycles. The van der Waals surface area contributed by atoms with E-state index in [4.69, 9.17) is 0 Å². The van der Waals surface area contributed by atoms with Crippen molar-refractivity contribution in [2.24, 2.45) is 0 Å². The predicted octanol–water partition coefficient (Wildman–Crippen LogP) is 10.6. The van der Waals surface area contributed by atoms with Crippen LogP contribution in [0, 0.1) is 0 Å². The van der Waals surface area contributed by atoms with Crippen LogP contribution < -0.4 is 4.90 Å². The Morgan fingerprint density at radius 1 is 0.439 bits per heavy atom. The fourth-order valence-electron chi connectivity index (χ4n) is 6.03. The zero-order valence-electron chi connectivity index (χ0n) is 23.4. The second-order valence-corrected chi connectivity index (χ2v) is 11.1. The number of nitrogens with zero attached hydrogens (tertiary/aromatic N) is 2. The van der Waals surface area contributed by atoms with Gasteiger partial charge < -0.3 is 9.47 Å². The van der Waals surface area contributed by atoms with Gasteiger partial charge in [-0.3, -0.25) is 0 Å². The van der Waals surface area contributed by atoms with Crippen LogP contribution in [0.5, 0.6) is 0 Å². The molecule has 1 aromatic heterocycles. The highest BCUT2D eigenvalue weighted by Gasteiger charge is 2.24. The molecule has 198 valence electrons. The Kier molecular flexibility index (Phi) is 6.17. The lowest BCUT2D eigenvalue weighted by Gasteiger charge is -2.27. The average Bonchev–Trinajstić information content (AvgIpc) is 3.37. The zero-order valence-corrected chi connectivity index (χ0v) is 23.4. The van der Waals surface area contributed by atoms with E-state index in [-0.39, 0.29) is 5.41 Å². The van der Waals surface area contributed by atoms with Gasteiger partial charge in [0.1, 0.15) is 0 Å². The van der Waals surface area contributed by atoms with Gasteiger partial charge in [0, 0.05) is 38.9 Å². The van der Waals surface area contributed by atoms with Crippen LogP contribution in [0.1, 0.15) is 25.0 Å². The minimum Gasteiger partial charge on any atom is -0.310 e. The van der Waals surface area contributed by atoms with Crippen molar-refractivity contribution in [1.29, 1.82) is 0 Å². The van der Waals surface area contributed by atoms with Crippen molar-refractivity contribution >= 4 is 38.9 Å². The molecule has 0 aliphatic carbocycles. The molecule has 0 aliphatic heterocycles. The Labute approximate surface area is 241 Å². The van der Waals surface area contributed by atoms with Gasteiger partial charge in [-0.25, -0.2) is 0 Å². The molecule has 0 saturated heterocycles. The number of hydrogen-bond donors (Lipinski definition) is 0. The summed E-state index contributed by atoms with van der Waals surface area (Å²) in [7, 11) is 0. The number of rotatable bonds is 6. The van der Waals surface area contributed by atoms with Crippen LogP contribution in [-0.4, -0.2) is 4.57 Å². The topological polar surface area (TPSA) is 8.17 Å². The summed E-state index contributed by atoms with van der Waals surface area (Å²) in [6.45, 7) is 4.61. The third-order valence-electron chi connectivity index (χ3n) is 8.26. The molecule has 0 aliphatic rings. The van der Waals surface area contributed by atoms with Gasteiger partial charge in [-0.2, -0.15) is 0 Å². The minimum absolute atomic E-state index is 0.116. The van der Waals surface area contributed by atoms with Crippen molar-refractivity contribution in [2.45, 2.75) is 19.3 Å². The Hall–Kier alpha value is -5.08. The summed E-state index contributed by atoms with van der Waals surface area (Å²) in [6.07, 6.45) is 0. The summed E-state index contributed by atoms with van der Waals surface area (Å²) in [5.41, 5.74) is 9.48. The third-order valence-corrected chi connectivity index (χ3v) is 8.26. The van der Waals surface area contributed by atoms with Crippen molar-refractivity contribution in [3.05, 3.63) is 169 Å². The molecule has 2 heteroatoms. The Morgan fingerprint density at radius 3 is 1.68 bits per heavy atom. The molecule has 0 atom stereocenters. The molecule has 1 heterocycles. The van der Waals surface area contributed by atoms with Crippen molar-refractivity contribution in [1.82, 2.24) is 4.57 Å². The molecule has 0 N–H and O–H groups in total. The van der Waals surface area contributed by atoms with E-state index in [1.807, 2.05) is 0 Å². The van der Waals surface area contributed by atoms with E-state index >= 15 is 0 Å². The summed E-state index contributed by atoms with van der Waals surface area (Å²) in [6, 6.07) is 56.6. The van der Waals surface area contributed by atoms with Gasteiger partial charge in [0.25, 0.3) is 0 Å². The first kappa shape index (κ1) is 24.9. The normalized spacial score (nSPS) is 11.7. The summed E-state index contributed by atoms with van der Waals surface area (Å²) < 4.78 is 2.41. The molecule has 0 unspecified atom stereocenters. The monoisotopic (exact) mass is 528 g/mol. The summed E-state index contributed by atoms with van der Waals surface area (Å²) in [5.74, 6) is 0. The van der Waals surface area contributed by atoms with E-state index in [1.165, 1.54) is 38.6 Å². The van der Waals surface area contributed by atoms with Crippen LogP contribution >= 0.6 is 0 Å². The molecule has 0 fully saturated rings. The zero-order chi connectivity index (χ0) is 27.8. The number of para-hydroxylation sites is 3. The maximum Gasteiger partial charge on any atom is 0.0542 e. The van der Waals surface area contributed by atoms with Gasteiger partial charge in [-0.1, -0.05) is 111 Å². The van der Waals surface area contributed by atoms with Crippen molar-refractivity contribution in [2.75, 3.05) is 4.90 Å². The van der Waals surface area contributed by atoms with Gasteiger partial charge >= 0.3 is 0 Å². The Morgan fingerprint density at radius 2 is 1.00 bits per heavy atom. The molecule has 0 spiro atoms. The largest absolute Gasteiger partial charge is 0.310 e. The van der Waals surface area contributed by atoms with Gasteiger partial charge in [0.2, 0.25) is 0 Å². The fourth-order valence-corrected chi connectivity index (χ4v) is 6.03. The van der Waals surface area contributed by atoms with E-state index in [1.54, 1.807) is 0 Å². The molecule has 7 aromatic rings. The lowest BCUT2D eigenvalue weighted by atomic mass is 9.78. The number of benzene rings is 6. The summed E-state index contributed by atoms with van der Waals surface area (Å²) in [4.78, 5) is 2.33. The van der Waals surface area contributed by atoms with Crippen molar-refractivity contribution in [3.8, 4) is 5.69 Å². The molecule has 2 nitrogen and oxygen atoms in total. The SMILES string of the molecule is CC(C)(c1ccccc1)c1cccc(-n2c3ccccc3c3cc(N(c4ccccc4)c4ccccc4)ccc32)c1. The molecular formula is C39H32N2. The van der Waals surface area contributed by atoms with Gasteiger partial charge in [-0.05, 0) is 71.8 Å². The fraction of sp³-hybridized carbons (Fsp3) is 0.0769. The Bertz CT molecular complexity index is 1910. The van der Waals surface area contributed by atoms with Crippen LogP contribution in [0.3, 0.4) is 0 Å². The van der Waals surface area contributed by atoms with Crippen LogP contribution in [0.2, 0.25) is 0 Å². The molecule has 7 rings (SSSR count). The van der Waals surface area contributed by atoms with Crippen molar-refractivity contribution in [3.63, 3.8) is 0 Å². The average molecular weight is 529 g/mol. The first-order valence-electron chi connectivity index (χ1n) is 14.2. The third kappa shape index (κ3) is 4.38. The number of anilines is 3. The summed E-state index contributed by atoms with van der Waals surface area (Å²) >= 11 is 0. The Balaban J connectivity index is 1.42. The highest BCUT2D eigenvalue weighted by atomic mass is 15.1. The second kappa shape index (κ2) is 10.1. The predicted molar refractivity (Wildman–Crippen MR) is 174 cm³/mol. The molecule has 0 amide bonds.